The summed E-state index contributed by atoms with van der Waals surface area (Å²) in [6.45, 7) is 3.28. The molecule has 3 aromatic rings. The molecule has 0 saturated heterocycles. The SMILES string of the molecule is C[C@@H](NCc1cc(Cl)ccc1OCc1cccc(Cl)c1)c1ccccc1. The molecule has 4 heteroatoms. The van der Waals surface area contributed by atoms with Gasteiger partial charge in [0.05, 0.1) is 0 Å². The molecule has 0 spiro atoms. The van der Waals surface area contributed by atoms with Gasteiger partial charge in [-0.15, -0.1) is 0 Å². The van der Waals surface area contributed by atoms with Crippen LogP contribution in [0.2, 0.25) is 10.0 Å². The van der Waals surface area contributed by atoms with Gasteiger partial charge in [0, 0.05) is 28.2 Å². The first-order chi connectivity index (χ1) is 12.6. The molecule has 134 valence electrons. The van der Waals surface area contributed by atoms with Crippen molar-refractivity contribution in [1.82, 2.24) is 5.32 Å². The van der Waals surface area contributed by atoms with Crippen molar-refractivity contribution < 1.29 is 4.74 Å². The van der Waals surface area contributed by atoms with Gasteiger partial charge in [-0.05, 0) is 48.4 Å². The highest BCUT2D eigenvalue weighted by atomic mass is 35.5. The third-order valence-corrected chi connectivity index (χ3v) is 4.67. The van der Waals surface area contributed by atoms with Gasteiger partial charge in [-0.3, -0.25) is 0 Å². The van der Waals surface area contributed by atoms with Crippen LogP contribution in [0, 0.1) is 0 Å². The summed E-state index contributed by atoms with van der Waals surface area (Å²) in [6, 6.07) is 24.0. The van der Waals surface area contributed by atoms with Gasteiger partial charge in [0.1, 0.15) is 12.4 Å². The van der Waals surface area contributed by atoms with E-state index in [0.29, 0.717) is 23.2 Å². The van der Waals surface area contributed by atoms with Gasteiger partial charge in [0.25, 0.3) is 0 Å². The number of ether oxygens (including phenoxy) is 1. The lowest BCUT2D eigenvalue weighted by molar-refractivity contribution is 0.301. The zero-order valence-corrected chi connectivity index (χ0v) is 16.1. The first-order valence-corrected chi connectivity index (χ1v) is 9.31. The first kappa shape index (κ1) is 18.8. The molecule has 0 aliphatic rings. The monoisotopic (exact) mass is 385 g/mol. The summed E-state index contributed by atoms with van der Waals surface area (Å²) < 4.78 is 6.01. The topological polar surface area (TPSA) is 21.3 Å². The van der Waals surface area contributed by atoms with Gasteiger partial charge in [-0.25, -0.2) is 0 Å². The number of rotatable bonds is 7. The normalized spacial score (nSPS) is 12.0. The Kier molecular flexibility index (Phi) is 6.56. The molecule has 0 radical (unpaired) electrons. The van der Waals surface area contributed by atoms with E-state index in [0.717, 1.165) is 16.9 Å². The van der Waals surface area contributed by atoms with Crippen LogP contribution in [0.15, 0.2) is 72.8 Å². The van der Waals surface area contributed by atoms with Crippen molar-refractivity contribution in [3.63, 3.8) is 0 Å². The van der Waals surface area contributed by atoms with Gasteiger partial charge in [-0.2, -0.15) is 0 Å². The minimum absolute atomic E-state index is 0.232. The fraction of sp³-hybridized carbons (Fsp3) is 0.182. The van der Waals surface area contributed by atoms with Crippen LogP contribution in [0.1, 0.15) is 29.7 Å². The van der Waals surface area contributed by atoms with Crippen molar-refractivity contribution in [1.29, 1.82) is 0 Å². The largest absolute Gasteiger partial charge is 0.489 e. The quantitative estimate of drug-likeness (QED) is 0.506. The van der Waals surface area contributed by atoms with Crippen LogP contribution in [0.3, 0.4) is 0 Å². The maximum Gasteiger partial charge on any atom is 0.124 e. The molecule has 1 atom stereocenters. The smallest absolute Gasteiger partial charge is 0.124 e. The van der Waals surface area contributed by atoms with E-state index in [1.807, 2.05) is 60.7 Å². The number of benzene rings is 3. The molecule has 0 aromatic heterocycles. The van der Waals surface area contributed by atoms with E-state index in [4.69, 9.17) is 27.9 Å². The Bertz CT molecular complexity index is 852. The zero-order chi connectivity index (χ0) is 18.4. The van der Waals surface area contributed by atoms with E-state index in [1.54, 1.807) is 0 Å². The lowest BCUT2D eigenvalue weighted by Crippen LogP contribution is -2.18. The molecule has 0 heterocycles. The van der Waals surface area contributed by atoms with E-state index >= 15 is 0 Å². The van der Waals surface area contributed by atoms with E-state index in [-0.39, 0.29) is 6.04 Å². The predicted molar refractivity (Wildman–Crippen MR) is 109 cm³/mol. The summed E-state index contributed by atoms with van der Waals surface area (Å²) in [5.74, 6) is 0.821. The van der Waals surface area contributed by atoms with E-state index in [2.05, 4.69) is 24.4 Å². The van der Waals surface area contributed by atoms with Crippen molar-refractivity contribution in [2.75, 3.05) is 0 Å². The lowest BCUT2D eigenvalue weighted by Gasteiger charge is -2.17. The summed E-state index contributed by atoms with van der Waals surface area (Å²) in [7, 11) is 0. The molecule has 1 N–H and O–H groups in total. The highest BCUT2D eigenvalue weighted by Gasteiger charge is 2.09. The molecule has 26 heavy (non-hydrogen) atoms. The number of hydrogen-bond acceptors (Lipinski definition) is 2. The third kappa shape index (κ3) is 5.25. The Morgan fingerprint density at radius 1 is 0.885 bits per heavy atom. The van der Waals surface area contributed by atoms with Gasteiger partial charge >= 0.3 is 0 Å². The first-order valence-electron chi connectivity index (χ1n) is 8.56. The van der Waals surface area contributed by atoms with E-state index in [9.17, 15) is 0 Å². The van der Waals surface area contributed by atoms with Crippen LogP contribution in [-0.2, 0) is 13.2 Å². The second-order valence-corrected chi connectivity index (χ2v) is 7.06. The molecule has 0 aliphatic heterocycles. The Hall–Kier alpha value is -2.00. The maximum atomic E-state index is 6.19. The molecule has 0 aliphatic carbocycles. The molecule has 0 unspecified atom stereocenters. The number of hydrogen-bond donors (Lipinski definition) is 1. The molecule has 0 saturated carbocycles. The Labute approximate surface area is 164 Å². The number of halogens is 2. The average molecular weight is 386 g/mol. The molecule has 2 nitrogen and oxygen atoms in total. The summed E-state index contributed by atoms with van der Waals surface area (Å²) in [5, 5.41) is 4.94. The minimum Gasteiger partial charge on any atom is -0.489 e. The summed E-state index contributed by atoms with van der Waals surface area (Å²) in [4.78, 5) is 0. The van der Waals surface area contributed by atoms with Crippen molar-refractivity contribution in [3.8, 4) is 5.75 Å². The van der Waals surface area contributed by atoms with Gasteiger partial charge in [-0.1, -0.05) is 65.7 Å². The number of nitrogens with one attached hydrogen (secondary N) is 1. The summed E-state index contributed by atoms with van der Waals surface area (Å²) >= 11 is 12.2. The fourth-order valence-electron chi connectivity index (χ4n) is 2.74. The summed E-state index contributed by atoms with van der Waals surface area (Å²) in [5.41, 5.74) is 3.31. The van der Waals surface area contributed by atoms with E-state index in [1.165, 1.54) is 5.56 Å². The average Bonchev–Trinajstić information content (AvgIpc) is 2.66. The molecule has 3 aromatic carbocycles. The molecular weight excluding hydrogens is 365 g/mol. The fourth-order valence-corrected chi connectivity index (χ4v) is 3.15. The molecule has 0 fully saturated rings. The van der Waals surface area contributed by atoms with E-state index < -0.39 is 0 Å². The van der Waals surface area contributed by atoms with Gasteiger partial charge in [0.15, 0.2) is 0 Å². The third-order valence-electron chi connectivity index (χ3n) is 4.20. The second-order valence-electron chi connectivity index (χ2n) is 6.18. The molecule has 3 rings (SSSR count). The van der Waals surface area contributed by atoms with Crippen molar-refractivity contribution in [2.45, 2.75) is 26.1 Å². The van der Waals surface area contributed by atoms with Gasteiger partial charge < -0.3 is 10.1 Å². The second kappa shape index (κ2) is 9.09. The standard InChI is InChI=1S/C22H21Cl2NO/c1-16(18-7-3-2-4-8-18)25-14-19-13-21(24)10-11-22(19)26-15-17-6-5-9-20(23)12-17/h2-13,16,25H,14-15H2,1H3/t16-/m1/s1. The van der Waals surface area contributed by atoms with Crippen LogP contribution in [0.5, 0.6) is 5.75 Å². The van der Waals surface area contributed by atoms with Gasteiger partial charge in [0.2, 0.25) is 0 Å². The predicted octanol–water partition coefficient (Wildman–Crippen LogP) is 6.42. The van der Waals surface area contributed by atoms with Crippen LogP contribution in [-0.4, -0.2) is 0 Å². The van der Waals surface area contributed by atoms with Crippen LogP contribution < -0.4 is 10.1 Å². The molecular formula is C22H21Cl2NO. The van der Waals surface area contributed by atoms with Crippen molar-refractivity contribution >= 4 is 23.2 Å². The molecule has 0 amide bonds. The van der Waals surface area contributed by atoms with Crippen LogP contribution in [0.4, 0.5) is 0 Å². The Morgan fingerprint density at radius 3 is 2.42 bits per heavy atom. The summed E-state index contributed by atoms with van der Waals surface area (Å²) in [6.07, 6.45) is 0. The highest BCUT2D eigenvalue weighted by Crippen LogP contribution is 2.25. The maximum absolute atomic E-state index is 6.19. The highest BCUT2D eigenvalue weighted by molar-refractivity contribution is 6.30. The Morgan fingerprint density at radius 2 is 1.65 bits per heavy atom. The molecule has 0 bridgehead atoms. The Balaban J connectivity index is 1.67. The van der Waals surface area contributed by atoms with Crippen molar-refractivity contribution in [2.24, 2.45) is 0 Å². The zero-order valence-electron chi connectivity index (χ0n) is 14.6. The van der Waals surface area contributed by atoms with Crippen LogP contribution in [0.25, 0.3) is 0 Å². The van der Waals surface area contributed by atoms with Crippen LogP contribution >= 0.6 is 23.2 Å². The minimum atomic E-state index is 0.232. The lowest BCUT2D eigenvalue weighted by atomic mass is 10.1. The van der Waals surface area contributed by atoms with Crippen molar-refractivity contribution in [3.05, 3.63) is 99.5 Å².